The molecule has 1 atom stereocenters. The zero-order valence-corrected chi connectivity index (χ0v) is 6.20. The van der Waals surface area contributed by atoms with Crippen LogP contribution < -0.4 is 10.3 Å². The van der Waals surface area contributed by atoms with Crippen LogP contribution in [0.4, 0.5) is 0 Å². The molecule has 76 valence electrons. The van der Waals surface area contributed by atoms with Crippen LogP contribution >= 0.6 is 0 Å². The molecular weight excluding hydrogens is 148 g/mol. The Morgan fingerprint density at radius 3 is 2.33 bits per heavy atom. The van der Waals surface area contributed by atoms with Crippen molar-refractivity contribution in [2.75, 3.05) is 13.1 Å². The van der Waals surface area contributed by atoms with Gasteiger partial charge in [0.15, 0.2) is 0 Å². The van der Waals surface area contributed by atoms with Crippen LogP contribution in [-0.4, -0.2) is 18.9 Å². The summed E-state index contributed by atoms with van der Waals surface area (Å²) >= 11 is 0. The largest absolute Gasteiger partial charge is 0.274 e. The van der Waals surface area contributed by atoms with Gasteiger partial charge in [0.05, 0.1) is 5.92 Å². The summed E-state index contributed by atoms with van der Waals surface area (Å²) in [6.45, 7) is 6.64. The van der Waals surface area contributed by atoms with Gasteiger partial charge in [-0.2, -0.15) is 0 Å². The zero-order chi connectivity index (χ0) is 6.69. The average molecular weight is 175 g/mol. The lowest BCUT2D eigenvalue weighted by atomic mass is 10.1. The Kier molecular flexibility index (Phi) is 12.5. The fourth-order valence-corrected chi connectivity index (χ4v) is 1.01. The molecule has 1 unspecified atom stereocenters. The predicted octanol–water partition coefficient (Wildman–Crippen LogP) is 1.02. The van der Waals surface area contributed by atoms with Gasteiger partial charge in [0.1, 0.15) is 13.1 Å². The lowest BCUT2D eigenvalue weighted by Crippen LogP contribution is -2.71. The standard InChI is InChI=1S/C7H14N2.3CH4/c1-3-6(2)7-8-4-5-9-7;;;/h6H,3-5H2,1-2H3,(H,8,9);3*1H4/p+1. The van der Waals surface area contributed by atoms with Gasteiger partial charge in [0.25, 0.3) is 0 Å². The monoisotopic (exact) mass is 175 g/mol. The molecule has 0 radical (unpaired) electrons. The van der Waals surface area contributed by atoms with E-state index in [1.54, 1.807) is 0 Å². The third kappa shape index (κ3) is 4.37. The van der Waals surface area contributed by atoms with Crippen LogP contribution in [0.2, 0.25) is 0 Å². The van der Waals surface area contributed by atoms with Crippen molar-refractivity contribution in [3.05, 3.63) is 0 Å². The average Bonchev–Trinajstić information content (AvgIpc) is 2.37. The Morgan fingerprint density at radius 1 is 1.42 bits per heavy atom. The van der Waals surface area contributed by atoms with E-state index in [9.17, 15) is 0 Å². The lowest BCUT2D eigenvalue weighted by molar-refractivity contribution is -0.447. The maximum atomic E-state index is 3.31. The molecule has 0 bridgehead atoms. The second-order valence-corrected chi connectivity index (χ2v) is 2.58. The number of rotatable bonds is 2. The highest BCUT2D eigenvalue weighted by Gasteiger charge is 2.17. The molecule has 1 aliphatic rings. The molecule has 0 aromatic heterocycles. The Balaban J connectivity index is -0.000000270. The van der Waals surface area contributed by atoms with Crippen molar-refractivity contribution in [2.24, 2.45) is 5.92 Å². The molecule has 2 heteroatoms. The molecule has 0 fully saturated rings. The van der Waals surface area contributed by atoms with E-state index in [1.165, 1.54) is 12.3 Å². The maximum absolute atomic E-state index is 3.31. The molecule has 0 saturated carbocycles. The SMILES string of the molecule is C.C.C.CCC(C)C1=[NH+]CCN1. The van der Waals surface area contributed by atoms with Gasteiger partial charge in [-0.25, -0.2) is 0 Å². The smallest absolute Gasteiger partial charge is 0.245 e. The van der Waals surface area contributed by atoms with E-state index in [4.69, 9.17) is 0 Å². The molecule has 1 aliphatic heterocycles. The summed E-state index contributed by atoms with van der Waals surface area (Å²) in [5.41, 5.74) is 0. The molecule has 0 amide bonds. The molecule has 0 aromatic carbocycles. The van der Waals surface area contributed by atoms with Crippen molar-refractivity contribution in [3.8, 4) is 0 Å². The number of amidine groups is 1. The Morgan fingerprint density at radius 2 is 2.00 bits per heavy atom. The Labute approximate surface area is 78.5 Å². The lowest BCUT2D eigenvalue weighted by Gasteiger charge is -2.00. The molecule has 0 aromatic rings. The van der Waals surface area contributed by atoms with E-state index in [1.807, 2.05) is 0 Å². The minimum Gasteiger partial charge on any atom is -0.274 e. The van der Waals surface area contributed by atoms with Crippen LogP contribution in [0.1, 0.15) is 42.5 Å². The summed E-state index contributed by atoms with van der Waals surface area (Å²) in [7, 11) is 0. The topological polar surface area (TPSA) is 26.0 Å². The highest BCUT2D eigenvalue weighted by molar-refractivity contribution is 5.79. The Bertz CT molecular complexity index is 119. The normalized spacial score (nSPS) is 15.7. The second kappa shape index (κ2) is 8.57. The fraction of sp³-hybridized carbons (Fsp3) is 0.900. The summed E-state index contributed by atoms with van der Waals surface area (Å²) in [6, 6.07) is 0. The first-order valence-electron chi connectivity index (χ1n) is 3.69. The third-order valence-electron chi connectivity index (χ3n) is 1.86. The van der Waals surface area contributed by atoms with Gasteiger partial charge >= 0.3 is 0 Å². The minimum atomic E-state index is 0. The maximum Gasteiger partial charge on any atom is 0.245 e. The van der Waals surface area contributed by atoms with Crippen molar-refractivity contribution in [3.63, 3.8) is 0 Å². The molecular formula is C10H27N2+. The van der Waals surface area contributed by atoms with Gasteiger partial charge in [-0.15, -0.1) is 0 Å². The van der Waals surface area contributed by atoms with Crippen LogP contribution in [-0.2, 0) is 0 Å². The van der Waals surface area contributed by atoms with Crippen molar-refractivity contribution in [2.45, 2.75) is 42.5 Å². The molecule has 1 heterocycles. The van der Waals surface area contributed by atoms with Crippen molar-refractivity contribution in [1.82, 2.24) is 5.32 Å². The molecule has 0 aliphatic carbocycles. The van der Waals surface area contributed by atoms with E-state index < -0.39 is 0 Å². The van der Waals surface area contributed by atoms with Crippen molar-refractivity contribution in [1.29, 1.82) is 0 Å². The zero-order valence-electron chi connectivity index (χ0n) is 6.20. The van der Waals surface area contributed by atoms with E-state index >= 15 is 0 Å². The van der Waals surface area contributed by atoms with E-state index in [0.29, 0.717) is 5.92 Å². The number of hydrogen-bond acceptors (Lipinski definition) is 1. The third-order valence-corrected chi connectivity index (χ3v) is 1.86. The summed E-state index contributed by atoms with van der Waals surface area (Å²) < 4.78 is 0. The first-order valence-corrected chi connectivity index (χ1v) is 3.69. The van der Waals surface area contributed by atoms with Crippen LogP contribution in [0.3, 0.4) is 0 Å². The van der Waals surface area contributed by atoms with Crippen LogP contribution in [0.5, 0.6) is 0 Å². The van der Waals surface area contributed by atoms with Gasteiger partial charge in [-0.3, -0.25) is 10.3 Å². The highest BCUT2D eigenvalue weighted by Crippen LogP contribution is 1.97. The van der Waals surface area contributed by atoms with E-state index in [-0.39, 0.29) is 22.3 Å². The predicted molar refractivity (Wildman–Crippen MR) is 58.5 cm³/mol. The Hall–Kier alpha value is -0.530. The van der Waals surface area contributed by atoms with Crippen molar-refractivity contribution < 1.29 is 4.99 Å². The summed E-state index contributed by atoms with van der Waals surface area (Å²) in [5, 5.41) is 3.31. The minimum absolute atomic E-state index is 0. The van der Waals surface area contributed by atoms with Crippen LogP contribution in [0.25, 0.3) is 0 Å². The van der Waals surface area contributed by atoms with Gasteiger partial charge in [0.2, 0.25) is 5.84 Å². The first-order chi connectivity index (χ1) is 4.34. The van der Waals surface area contributed by atoms with Crippen LogP contribution in [0, 0.1) is 5.92 Å². The first kappa shape index (κ1) is 17.5. The molecule has 2 N–H and O–H groups in total. The van der Waals surface area contributed by atoms with Crippen molar-refractivity contribution >= 4 is 5.84 Å². The summed E-state index contributed by atoms with van der Waals surface area (Å²) in [4.78, 5) is 3.31. The van der Waals surface area contributed by atoms with Gasteiger partial charge in [-0.05, 0) is 6.42 Å². The summed E-state index contributed by atoms with van der Waals surface area (Å²) in [6.07, 6.45) is 1.22. The molecule has 1 rings (SSSR count). The molecule has 0 spiro atoms. The van der Waals surface area contributed by atoms with Gasteiger partial charge in [0, 0.05) is 0 Å². The molecule has 2 nitrogen and oxygen atoms in total. The van der Waals surface area contributed by atoms with E-state index in [0.717, 1.165) is 13.1 Å². The van der Waals surface area contributed by atoms with Gasteiger partial charge < -0.3 is 0 Å². The van der Waals surface area contributed by atoms with E-state index in [2.05, 4.69) is 24.2 Å². The summed E-state index contributed by atoms with van der Waals surface area (Å²) in [5.74, 6) is 2.02. The fourth-order valence-electron chi connectivity index (χ4n) is 1.01. The highest BCUT2D eigenvalue weighted by atomic mass is 15.1. The molecule has 12 heavy (non-hydrogen) atoms. The number of nitrogens with one attached hydrogen (secondary N) is 2. The molecule has 0 saturated heterocycles. The number of hydrogen-bond donors (Lipinski definition) is 2. The van der Waals surface area contributed by atoms with Gasteiger partial charge in [-0.1, -0.05) is 36.1 Å². The van der Waals surface area contributed by atoms with Crippen LogP contribution in [0.15, 0.2) is 0 Å². The quantitative estimate of drug-likeness (QED) is 0.644. The second-order valence-electron chi connectivity index (χ2n) is 2.58.